The summed E-state index contributed by atoms with van der Waals surface area (Å²) in [6.45, 7) is 2.58. The van der Waals surface area contributed by atoms with Crippen LogP contribution in [-0.2, 0) is 0 Å². The summed E-state index contributed by atoms with van der Waals surface area (Å²) in [6, 6.07) is 0. The van der Waals surface area contributed by atoms with Crippen LogP contribution in [0.15, 0.2) is 0 Å². The molecule has 0 radical (unpaired) electrons. The highest BCUT2D eigenvalue weighted by Crippen LogP contribution is 2.21. The first-order valence-electron chi connectivity index (χ1n) is 4.58. The summed E-state index contributed by atoms with van der Waals surface area (Å²) < 4.78 is 47.9. The van der Waals surface area contributed by atoms with Crippen molar-refractivity contribution in [2.45, 2.75) is 25.7 Å². The minimum atomic E-state index is -3.93. The van der Waals surface area contributed by atoms with Gasteiger partial charge in [-0.2, -0.15) is 8.78 Å². The van der Waals surface area contributed by atoms with Crippen LogP contribution >= 0.6 is 0 Å². The Morgan fingerprint density at radius 1 is 1.07 bits per heavy atom. The van der Waals surface area contributed by atoms with Crippen molar-refractivity contribution in [3.63, 3.8) is 0 Å². The van der Waals surface area contributed by atoms with E-state index < -0.39 is 18.9 Å². The lowest BCUT2D eigenvalue weighted by molar-refractivity contribution is -0.125. The molecule has 0 saturated heterocycles. The summed E-state index contributed by atoms with van der Waals surface area (Å²) in [5, 5.41) is 5.23. The number of hydrogen-bond donors (Lipinski definition) is 2. The van der Waals surface area contributed by atoms with E-state index in [-0.39, 0.29) is 6.54 Å². The van der Waals surface area contributed by atoms with E-state index in [1.165, 1.54) is 0 Å². The Balaban J connectivity index is 3.35. The van der Waals surface area contributed by atoms with Crippen molar-refractivity contribution in [2.24, 2.45) is 0 Å². The Morgan fingerprint density at radius 3 is 2.14 bits per heavy atom. The molecule has 0 aliphatic rings. The zero-order valence-electron chi connectivity index (χ0n) is 8.12. The molecule has 0 atom stereocenters. The number of rotatable bonds is 8. The molecule has 0 aliphatic carbocycles. The van der Waals surface area contributed by atoms with E-state index >= 15 is 0 Å². The largest absolute Gasteiger partial charge is 0.319 e. The molecule has 0 aromatic heterocycles. The quantitative estimate of drug-likeness (QED) is 0.474. The molecule has 0 saturated carbocycles. The van der Waals surface area contributed by atoms with Gasteiger partial charge in [0, 0.05) is 13.1 Å². The SMILES string of the molecule is CCCNCCNCC(F)(F)C(F)F. The molecule has 0 heterocycles. The van der Waals surface area contributed by atoms with Crippen LogP contribution in [0.3, 0.4) is 0 Å². The Hall–Kier alpha value is -0.360. The minimum Gasteiger partial charge on any atom is -0.315 e. The maximum Gasteiger partial charge on any atom is 0.319 e. The van der Waals surface area contributed by atoms with Gasteiger partial charge >= 0.3 is 12.3 Å². The fourth-order valence-corrected chi connectivity index (χ4v) is 0.811. The molecule has 0 unspecified atom stereocenters. The molecule has 0 amide bonds. The molecule has 0 fully saturated rings. The average Bonchev–Trinajstić information content (AvgIpc) is 2.10. The molecule has 2 nitrogen and oxygen atoms in total. The van der Waals surface area contributed by atoms with Crippen LogP contribution in [-0.4, -0.2) is 38.5 Å². The number of nitrogens with one attached hydrogen (secondary N) is 2. The summed E-state index contributed by atoms with van der Waals surface area (Å²) in [6.07, 6.45) is -2.65. The Bertz CT molecular complexity index is 141. The van der Waals surface area contributed by atoms with Crippen molar-refractivity contribution in [3.8, 4) is 0 Å². The van der Waals surface area contributed by atoms with E-state index in [1.54, 1.807) is 0 Å². The Kier molecular flexibility index (Phi) is 6.82. The summed E-state index contributed by atoms with van der Waals surface area (Å²) in [4.78, 5) is 0. The molecule has 0 aliphatic heterocycles. The average molecular weight is 216 g/mol. The van der Waals surface area contributed by atoms with Crippen molar-refractivity contribution < 1.29 is 17.6 Å². The fourth-order valence-electron chi connectivity index (χ4n) is 0.811. The van der Waals surface area contributed by atoms with Crippen molar-refractivity contribution in [3.05, 3.63) is 0 Å². The van der Waals surface area contributed by atoms with Gasteiger partial charge in [0.05, 0.1) is 6.54 Å². The van der Waals surface area contributed by atoms with E-state index in [0.717, 1.165) is 13.0 Å². The normalized spacial score (nSPS) is 12.4. The van der Waals surface area contributed by atoms with E-state index in [2.05, 4.69) is 10.6 Å². The summed E-state index contributed by atoms with van der Waals surface area (Å²) in [5.74, 6) is -3.93. The smallest absolute Gasteiger partial charge is 0.315 e. The molecular weight excluding hydrogens is 200 g/mol. The third-order valence-electron chi connectivity index (χ3n) is 1.59. The van der Waals surface area contributed by atoms with Crippen LogP contribution in [0.25, 0.3) is 0 Å². The van der Waals surface area contributed by atoms with Crippen molar-refractivity contribution in [1.29, 1.82) is 0 Å². The van der Waals surface area contributed by atoms with Gasteiger partial charge in [0.25, 0.3) is 0 Å². The molecule has 2 N–H and O–H groups in total. The van der Waals surface area contributed by atoms with Gasteiger partial charge < -0.3 is 10.6 Å². The molecule has 0 aromatic rings. The van der Waals surface area contributed by atoms with Crippen LogP contribution < -0.4 is 10.6 Å². The van der Waals surface area contributed by atoms with E-state index in [4.69, 9.17) is 0 Å². The number of alkyl halides is 4. The minimum absolute atomic E-state index is 0.266. The lowest BCUT2D eigenvalue weighted by atomic mass is 10.3. The van der Waals surface area contributed by atoms with Gasteiger partial charge in [0.15, 0.2) is 0 Å². The predicted octanol–water partition coefficient (Wildman–Crippen LogP) is 1.48. The first-order chi connectivity index (χ1) is 6.50. The van der Waals surface area contributed by atoms with Gasteiger partial charge in [-0.15, -0.1) is 0 Å². The maximum absolute atomic E-state index is 12.3. The molecule has 0 bridgehead atoms. The fraction of sp³-hybridized carbons (Fsp3) is 1.00. The first kappa shape index (κ1) is 13.6. The van der Waals surface area contributed by atoms with E-state index in [1.807, 2.05) is 6.92 Å². The molecular formula is C8H16F4N2. The van der Waals surface area contributed by atoms with Crippen LogP contribution in [0.5, 0.6) is 0 Å². The number of halogens is 4. The molecule has 0 rings (SSSR count). The predicted molar refractivity (Wildman–Crippen MR) is 47.0 cm³/mol. The van der Waals surface area contributed by atoms with Gasteiger partial charge in [-0.1, -0.05) is 6.92 Å². The van der Waals surface area contributed by atoms with Gasteiger partial charge in [-0.3, -0.25) is 0 Å². The summed E-state index contributed by atoms with van der Waals surface area (Å²) >= 11 is 0. The van der Waals surface area contributed by atoms with Gasteiger partial charge in [-0.25, -0.2) is 8.78 Å². The second kappa shape index (κ2) is 7.00. The van der Waals surface area contributed by atoms with Crippen molar-refractivity contribution >= 4 is 0 Å². The van der Waals surface area contributed by atoms with E-state index in [0.29, 0.717) is 6.54 Å². The van der Waals surface area contributed by atoms with Crippen LogP contribution in [0.1, 0.15) is 13.3 Å². The highest BCUT2D eigenvalue weighted by atomic mass is 19.3. The lowest BCUT2D eigenvalue weighted by Gasteiger charge is -2.15. The highest BCUT2D eigenvalue weighted by molar-refractivity contribution is 4.72. The van der Waals surface area contributed by atoms with Gasteiger partial charge in [0.2, 0.25) is 0 Å². The summed E-state index contributed by atoms with van der Waals surface area (Å²) in [5.41, 5.74) is 0. The van der Waals surface area contributed by atoms with E-state index in [9.17, 15) is 17.6 Å². The third-order valence-corrected chi connectivity index (χ3v) is 1.59. The Morgan fingerprint density at radius 2 is 1.64 bits per heavy atom. The van der Waals surface area contributed by atoms with Crippen LogP contribution in [0.4, 0.5) is 17.6 Å². The van der Waals surface area contributed by atoms with Gasteiger partial charge in [-0.05, 0) is 13.0 Å². The topological polar surface area (TPSA) is 24.1 Å². The van der Waals surface area contributed by atoms with Crippen molar-refractivity contribution in [2.75, 3.05) is 26.2 Å². The summed E-state index contributed by atoms with van der Waals surface area (Å²) in [7, 11) is 0. The van der Waals surface area contributed by atoms with Gasteiger partial charge in [0.1, 0.15) is 0 Å². The van der Waals surface area contributed by atoms with Crippen LogP contribution in [0.2, 0.25) is 0 Å². The second-order valence-electron chi connectivity index (χ2n) is 2.99. The Labute approximate surface area is 81.1 Å². The third kappa shape index (κ3) is 6.15. The standard InChI is InChI=1S/C8H16F4N2/c1-2-3-13-4-5-14-6-8(11,12)7(9)10/h7,13-14H,2-6H2,1H3. The molecule has 0 spiro atoms. The molecule has 86 valence electrons. The second-order valence-corrected chi connectivity index (χ2v) is 2.99. The first-order valence-corrected chi connectivity index (χ1v) is 4.58. The maximum atomic E-state index is 12.3. The van der Waals surface area contributed by atoms with Crippen molar-refractivity contribution in [1.82, 2.24) is 10.6 Å². The zero-order chi connectivity index (χ0) is 11.0. The molecule has 6 heteroatoms. The number of hydrogen-bond acceptors (Lipinski definition) is 2. The lowest BCUT2D eigenvalue weighted by Crippen LogP contribution is -2.41. The highest BCUT2D eigenvalue weighted by Gasteiger charge is 2.39. The molecule has 14 heavy (non-hydrogen) atoms. The monoisotopic (exact) mass is 216 g/mol. The zero-order valence-corrected chi connectivity index (χ0v) is 8.12. The van der Waals surface area contributed by atoms with Crippen LogP contribution in [0, 0.1) is 0 Å². The molecule has 0 aromatic carbocycles.